The number of carbonyl (C=O) groups excluding carboxylic acids is 2. The van der Waals surface area contributed by atoms with Crippen LogP contribution in [0, 0.1) is 24.7 Å². The Morgan fingerprint density at radius 1 is 1.08 bits per heavy atom. The highest BCUT2D eigenvalue weighted by molar-refractivity contribution is 7.98. The number of hydrogen-bond donors (Lipinski definition) is 0. The van der Waals surface area contributed by atoms with E-state index in [1.165, 1.54) is 51.2 Å². The molecule has 5 heteroatoms. The molecule has 0 N–H and O–H groups in total. The second-order valence-corrected chi connectivity index (χ2v) is 11.8. The summed E-state index contributed by atoms with van der Waals surface area (Å²) in [5, 5.41) is 0. The van der Waals surface area contributed by atoms with Gasteiger partial charge in [0.1, 0.15) is 0 Å². The molecule has 0 spiro atoms. The van der Waals surface area contributed by atoms with E-state index in [-0.39, 0.29) is 11.8 Å². The Balaban J connectivity index is 1.86. The van der Waals surface area contributed by atoms with Crippen LogP contribution in [0.3, 0.4) is 0 Å². The quantitative estimate of drug-likeness (QED) is 0.202. The van der Waals surface area contributed by atoms with Crippen LogP contribution in [0.15, 0.2) is 42.5 Å². The van der Waals surface area contributed by atoms with Crippen molar-refractivity contribution in [1.82, 2.24) is 4.90 Å². The van der Waals surface area contributed by atoms with Gasteiger partial charge < -0.3 is 9.64 Å². The minimum atomic E-state index is -0.452. The van der Waals surface area contributed by atoms with Crippen LogP contribution in [-0.4, -0.2) is 49.4 Å². The molecule has 202 valence electrons. The molecule has 2 unspecified atom stereocenters. The number of rotatable bonds is 13. The molecule has 0 radical (unpaired) electrons. The van der Waals surface area contributed by atoms with Crippen LogP contribution in [0.5, 0.6) is 0 Å². The summed E-state index contributed by atoms with van der Waals surface area (Å²) in [6.07, 6.45) is 10.8. The van der Waals surface area contributed by atoms with E-state index in [1.54, 1.807) is 11.8 Å². The van der Waals surface area contributed by atoms with Crippen molar-refractivity contribution in [2.45, 2.75) is 65.3 Å². The van der Waals surface area contributed by atoms with Gasteiger partial charge >= 0.3 is 5.97 Å². The van der Waals surface area contributed by atoms with E-state index >= 15 is 0 Å². The lowest BCUT2D eigenvalue weighted by molar-refractivity contribution is -0.146. The average Bonchev–Trinajstić information content (AvgIpc) is 2.92. The first-order valence-electron chi connectivity index (χ1n) is 13.8. The van der Waals surface area contributed by atoms with Gasteiger partial charge in [-0.25, -0.2) is 0 Å². The number of ketones is 1. The fraction of sp³-hybridized carbons (Fsp3) is 0.562. The predicted molar refractivity (Wildman–Crippen MR) is 156 cm³/mol. The summed E-state index contributed by atoms with van der Waals surface area (Å²) in [4.78, 5) is 28.8. The molecule has 2 aromatic rings. The molecule has 4 nitrogen and oxygen atoms in total. The molecule has 2 aromatic carbocycles. The highest BCUT2D eigenvalue weighted by Gasteiger charge is 2.32. The highest BCUT2D eigenvalue weighted by atomic mass is 32.2. The molecule has 1 aliphatic rings. The van der Waals surface area contributed by atoms with E-state index in [2.05, 4.69) is 43.1 Å². The Labute approximate surface area is 228 Å². The third-order valence-electron chi connectivity index (χ3n) is 8.04. The smallest absolute Gasteiger partial charge is 0.309 e. The van der Waals surface area contributed by atoms with E-state index in [1.807, 2.05) is 31.4 Å². The number of aryl methyl sites for hydroxylation is 1. The molecule has 0 amide bonds. The Bertz CT molecular complexity index is 1030. The molecule has 3 rings (SSSR count). The average molecular weight is 524 g/mol. The van der Waals surface area contributed by atoms with Gasteiger partial charge in [0.05, 0.1) is 13.0 Å². The molecule has 1 saturated carbocycles. The lowest BCUT2D eigenvalue weighted by Crippen LogP contribution is -2.30. The summed E-state index contributed by atoms with van der Waals surface area (Å²) in [6, 6.07) is 14.5. The maximum Gasteiger partial charge on any atom is 0.309 e. The van der Waals surface area contributed by atoms with Gasteiger partial charge in [0.25, 0.3) is 0 Å². The third kappa shape index (κ3) is 8.19. The largest absolute Gasteiger partial charge is 0.469 e. The molecular formula is C32H45NO3S. The van der Waals surface area contributed by atoms with Crippen LogP contribution in [-0.2, 0) is 16.1 Å². The van der Waals surface area contributed by atoms with Crippen LogP contribution < -0.4 is 0 Å². The zero-order valence-corrected chi connectivity index (χ0v) is 24.2. The first kappa shape index (κ1) is 29.4. The fourth-order valence-corrected chi connectivity index (χ4v) is 6.16. The number of carbonyl (C=O) groups is 2. The summed E-state index contributed by atoms with van der Waals surface area (Å²) >= 11 is 1.68. The van der Waals surface area contributed by atoms with Crippen molar-refractivity contribution in [3.05, 3.63) is 59.2 Å². The minimum absolute atomic E-state index is 0.00644. The minimum Gasteiger partial charge on any atom is -0.469 e. The maximum atomic E-state index is 13.9. The molecule has 1 fully saturated rings. The summed E-state index contributed by atoms with van der Waals surface area (Å²) in [5.74, 6) is 0.491. The lowest BCUT2D eigenvalue weighted by atomic mass is 9.82. The van der Waals surface area contributed by atoms with E-state index < -0.39 is 11.8 Å². The number of benzene rings is 2. The summed E-state index contributed by atoms with van der Waals surface area (Å²) < 4.78 is 5.07. The zero-order chi connectivity index (χ0) is 26.8. The molecule has 0 saturated heterocycles. The van der Waals surface area contributed by atoms with E-state index in [0.717, 1.165) is 41.5 Å². The molecule has 0 aromatic heterocycles. The van der Waals surface area contributed by atoms with Crippen molar-refractivity contribution >= 4 is 23.5 Å². The van der Waals surface area contributed by atoms with Gasteiger partial charge in [-0.15, -0.1) is 0 Å². The van der Waals surface area contributed by atoms with Gasteiger partial charge in [0, 0.05) is 18.0 Å². The van der Waals surface area contributed by atoms with E-state index in [9.17, 15) is 9.59 Å². The number of ether oxygens (including phenoxy) is 1. The summed E-state index contributed by atoms with van der Waals surface area (Å²) in [5.41, 5.74) is 5.07. The van der Waals surface area contributed by atoms with Gasteiger partial charge in [-0.3, -0.25) is 9.59 Å². The van der Waals surface area contributed by atoms with Gasteiger partial charge in [0.15, 0.2) is 5.78 Å². The standard InChI is InChI=1S/C32H45NO3S/c1-23-11-9-10-14-27(23)30-21-26(22-33(3)19-17-25-12-7-6-8-13-25)15-16-29(30)31(34)24(2)28(18-20-37-5)32(35)36-4/h9-11,14-16,21,24-25,28H,6-8,12-13,17-20,22H2,1-5H3. The van der Waals surface area contributed by atoms with Crippen molar-refractivity contribution < 1.29 is 14.3 Å². The van der Waals surface area contributed by atoms with Crippen molar-refractivity contribution in [3.63, 3.8) is 0 Å². The maximum absolute atomic E-state index is 13.9. The van der Waals surface area contributed by atoms with Gasteiger partial charge in [-0.1, -0.05) is 75.4 Å². The van der Waals surface area contributed by atoms with Crippen molar-refractivity contribution in [2.24, 2.45) is 17.8 Å². The Hall–Kier alpha value is -2.11. The number of esters is 1. The number of methoxy groups -OCH3 is 1. The first-order chi connectivity index (χ1) is 17.8. The number of nitrogens with zero attached hydrogens (tertiary/aromatic N) is 1. The molecular weight excluding hydrogens is 478 g/mol. The number of thioether (sulfide) groups is 1. The van der Waals surface area contributed by atoms with Crippen molar-refractivity contribution in [1.29, 1.82) is 0 Å². The van der Waals surface area contributed by atoms with Gasteiger partial charge in [0.2, 0.25) is 0 Å². The Morgan fingerprint density at radius 3 is 2.49 bits per heavy atom. The van der Waals surface area contributed by atoms with Crippen LogP contribution >= 0.6 is 11.8 Å². The van der Waals surface area contributed by atoms with Crippen LogP contribution in [0.4, 0.5) is 0 Å². The number of Topliss-reactive ketones (excluding diaryl/α,β-unsaturated/α-hetero) is 1. The SMILES string of the molecule is COC(=O)C(CCSC)C(C)C(=O)c1ccc(CN(C)CCC2CCCCC2)cc1-c1ccccc1C. The third-order valence-corrected chi connectivity index (χ3v) is 8.68. The predicted octanol–water partition coefficient (Wildman–Crippen LogP) is 7.43. The van der Waals surface area contributed by atoms with E-state index in [4.69, 9.17) is 4.74 Å². The summed E-state index contributed by atoms with van der Waals surface area (Å²) in [7, 11) is 3.61. The topological polar surface area (TPSA) is 46.6 Å². The molecule has 37 heavy (non-hydrogen) atoms. The molecule has 2 atom stereocenters. The molecule has 1 aliphatic carbocycles. The number of hydrogen-bond acceptors (Lipinski definition) is 5. The lowest BCUT2D eigenvalue weighted by Gasteiger charge is -2.25. The monoisotopic (exact) mass is 523 g/mol. The first-order valence-corrected chi connectivity index (χ1v) is 15.2. The van der Waals surface area contributed by atoms with E-state index in [0.29, 0.717) is 12.0 Å². The normalized spacial score (nSPS) is 15.9. The van der Waals surface area contributed by atoms with Gasteiger partial charge in [-0.2, -0.15) is 11.8 Å². The van der Waals surface area contributed by atoms with Crippen LogP contribution in [0.2, 0.25) is 0 Å². The highest BCUT2D eigenvalue weighted by Crippen LogP contribution is 2.33. The fourth-order valence-electron chi connectivity index (χ4n) is 5.67. The molecule has 0 aliphatic heterocycles. The zero-order valence-electron chi connectivity index (χ0n) is 23.4. The van der Waals surface area contributed by atoms with Crippen molar-refractivity contribution in [2.75, 3.05) is 32.7 Å². The summed E-state index contributed by atoms with van der Waals surface area (Å²) in [6.45, 7) is 5.91. The van der Waals surface area contributed by atoms with Crippen molar-refractivity contribution in [3.8, 4) is 11.1 Å². The van der Waals surface area contributed by atoms with Gasteiger partial charge in [-0.05, 0) is 79.6 Å². The molecule has 0 bridgehead atoms. The Morgan fingerprint density at radius 2 is 1.81 bits per heavy atom. The van der Waals surface area contributed by atoms with Crippen LogP contribution in [0.25, 0.3) is 11.1 Å². The Kier molecular flexibility index (Phi) is 11.7. The van der Waals surface area contributed by atoms with Crippen LogP contribution in [0.1, 0.15) is 73.4 Å². The second kappa shape index (κ2) is 14.7. The molecule has 0 heterocycles. The second-order valence-electron chi connectivity index (χ2n) is 10.8.